The van der Waals surface area contributed by atoms with E-state index in [1.54, 1.807) is 0 Å². The summed E-state index contributed by atoms with van der Waals surface area (Å²) in [6.07, 6.45) is 0. The molecule has 0 N–H and O–H groups in total. The van der Waals surface area contributed by atoms with Gasteiger partial charge in [-0.2, -0.15) is 0 Å². The maximum atomic E-state index is 2.08. The molecule has 0 aromatic heterocycles. The van der Waals surface area contributed by atoms with E-state index in [4.69, 9.17) is 0 Å². The van der Waals surface area contributed by atoms with Gasteiger partial charge in [0.25, 0.3) is 0 Å². The quantitative estimate of drug-likeness (QED) is 0.145. The number of aryl methyl sites for hydroxylation is 8. The molecule has 0 unspecified atom stereocenters. The molecule has 0 radical (unpaired) electrons. The standard InChI is InChI=1S/8C7H8/c8*1-7-5-3-2-4-6-7/h8*2-6H,1H3. The van der Waals surface area contributed by atoms with Crippen LogP contribution in [-0.4, -0.2) is 0 Å². The molecule has 0 fully saturated rings. The van der Waals surface area contributed by atoms with Gasteiger partial charge < -0.3 is 0 Å². The first-order chi connectivity index (χ1) is 27.2. The molecule has 0 nitrogen and oxygen atoms in total. The Morgan fingerprint density at radius 1 is 0.125 bits per heavy atom. The van der Waals surface area contributed by atoms with Crippen molar-refractivity contribution < 1.29 is 0 Å². The van der Waals surface area contributed by atoms with Crippen LogP contribution in [0.5, 0.6) is 0 Å². The Balaban J connectivity index is 0.000000320. The smallest absolute Gasteiger partial charge is 0.0398 e. The molecule has 0 atom stereocenters. The Bertz CT molecular complexity index is 1490. The molecular formula is C56H64. The molecule has 0 bridgehead atoms. The zero-order valence-electron chi connectivity index (χ0n) is 35.1. The first kappa shape index (κ1) is 47.8. The van der Waals surface area contributed by atoms with Gasteiger partial charge in [0, 0.05) is 0 Å². The summed E-state index contributed by atoms with van der Waals surface area (Å²) < 4.78 is 0. The minimum atomic E-state index is 1.32. The van der Waals surface area contributed by atoms with E-state index < -0.39 is 0 Å². The van der Waals surface area contributed by atoms with Crippen molar-refractivity contribution in [2.75, 3.05) is 0 Å². The lowest BCUT2D eigenvalue weighted by Crippen LogP contribution is -1.62. The second kappa shape index (κ2) is 33.3. The predicted octanol–water partition coefficient (Wildman–Crippen LogP) is 16.0. The summed E-state index contributed by atoms with van der Waals surface area (Å²) in [5.41, 5.74) is 10.6. The van der Waals surface area contributed by atoms with Crippen LogP contribution in [-0.2, 0) is 0 Å². The van der Waals surface area contributed by atoms with E-state index in [-0.39, 0.29) is 0 Å². The first-order valence-corrected chi connectivity index (χ1v) is 19.3. The van der Waals surface area contributed by atoms with Crippen molar-refractivity contribution in [3.8, 4) is 0 Å². The van der Waals surface area contributed by atoms with Crippen molar-refractivity contribution in [2.45, 2.75) is 55.4 Å². The van der Waals surface area contributed by atoms with Crippen molar-refractivity contribution in [3.63, 3.8) is 0 Å². The van der Waals surface area contributed by atoms with Crippen LogP contribution >= 0.6 is 0 Å². The molecule has 0 amide bonds. The molecule has 56 heavy (non-hydrogen) atoms. The summed E-state index contributed by atoms with van der Waals surface area (Å²) in [6, 6.07) is 82.1. The molecule has 0 aliphatic rings. The average Bonchev–Trinajstić information content (AvgIpc) is 3.22. The molecule has 8 rings (SSSR count). The minimum Gasteiger partial charge on any atom is -0.0622 e. The van der Waals surface area contributed by atoms with Gasteiger partial charge in [-0.25, -0.2) is 0 Å². The van der Waals surface area contributed by atoms with Gasteiger partial charge in [0.2, 0.25) is 0 Å². The molecule has 8 aromatic rings. The molecule has 0 heterocycles. The van der Waals surface area contributed by atoms with E-state index in [9.17, 15) is 0 Å². The van der Waals surface area contributed by atoms with Gasteiger partial charge in [-0.05, 0) is 55.4 Å². The second-order valence-electron chi connectivity index (χ2n) is 13.2. The van der Waals surface area contributed by atoms with E-state index in [1.807, 2.05) is 146 Å². The molecule has 288 valence electrons. The van der Waals surface area contributed by atoms with E-state index in [0.29, 0.717) is 0 Å². The summed E-state index contributed by atoms with van der Waals surface area (Å²) in [6.45, 7) is 16.7. The largest absolute Gasteiger partial charge is 0.0622 e. The molecular weight excluding hydrogens is 673 g/mol. The highest BCUT2D eigenvalue weighted by Crippen LogP contribution is 1.96. The van der Waals surface area contributed by atoms with Crippen LogP contribution in [0.2, 0.25) is 0 Å². The average molecular weight is 737 g/mol. The number of rotatable bonds is 0. The molecule has 0 aliphatic heterocycles. The van der Waals surface area contributed by atoms with Crippen molar-refractivity contribution in [2.24, 2.45) is 0 Å². The Hall–Kier alpha value is -6.24. The van der Waals surface area contributed by atoms with Gasteiger partial charge >= 0.3 is 0 Å². The van der Waals surface area contributed by atoms with Crippen molar-refractivity contribution in [1.29, 1.82) is 0 Å². The first-order valence-electron chi connectivity index (χ1n) is 19.3. The van der Waals surface area contributed by atoms with Crippen molar-refractivity contribution in [3.05, 3.63) is 287 Å². The van der Waals surface area contributed by atoms with Gasteiger partial charge in [-0.3, -0.25) is 0 Å². The maximum Gasteiger partial charge on any atom is -0.0398 e. The third kappa shape index (κ3) is 31.3. The van der Waals surface area contributed by atoms with Gasteiger partial charge in [-0.1, -0.05) is 287 Å². The fourth-order valence-electron chi connectivity index (χ4n) is 4.28. The minimum absolute atomic E-state index is 1.32. The molecule has 0 heteroatoms. The van der Waals surface area contributed by atoms with Crippen molar-refractivity contribution in [1.82, 2.24) is 0 Å². The molecule has 0 aliphatic carbocycles. The van der Waals surface area contributed by atoms with Crippen LogP contribution in [0.15, 0.2) is 243 Å². The normalized spacial score (nSPS) is 8.71. The summed E-state index contributed by atoms with van der Waals surface area (Å²) in [4.78, 5) is 0. The molecule has 8 aromatic carbocycles. The zero-order chi connectivity index (χ0) is 40.9. The lowest BCUT2D eigenvalue weighted by atomic mass is 10.2. The maximum absolute atomic E-state index is 2.08. The summed E-state index contributed by atoms with van der Waals surface area (Å²) in [5.74, 6) is 0. The highest BCUT2D eigenvalue weighted by Gasteiger charge is 1.76. The second-order valence-corrected chi connectivity index (χ2v) is 13.2. The fraction of sp³-hybridized carbons (Fsp3) is 0.143. The highest BCUT2D eigenvalue weighted by molar-refractivity contribution is 5.16. The topological polar surface area (TPSA) is 0 Å². The van der Waals surface area contributed by atoms with Gasteiger partial charge in [0.1, 0.15) is 0 Å². The van der Waals surface area contributed by atoms with Gasteiger partial charge in [0.15, 0.2) is 0 Å². The van der Waals surface area contributed by atoms with Gasteiger partial charge in [-0.15, -0.1) is 0 Å². The summed E-state index contributed by atoms with van der Waals surface area (Å²) >= 11 is 0. The van der Waals surface area contributed by atoms with Crippen molar-refractivity contribution >= 4 is 0 Å². The molecule has 0 saturated carbocycles. The van der Waals surface area contributed by atoms with E-state index in [0.717, 1.165) is 0 Å². The van der Waals surface area contributed by atoms with E-state index in [1.165, 1.54) is 44.5 Å². The predicted molar refractivity (Wildman–Crippen MR) is 249 cm³/mol. The number of benzene rings is 8. The summed E-state index contributed by atoms with van der Waals surface area (Å²) in [5, 5.41) is 0. The Morgan fingerprint density at radius 3 is 0.232 bits per heavy atom. The van der Waals surface area contributed by atoms with E-state index >= 15 is 0 Å². The van der Waals surface area contributed by atoms with Crippen LogP contribution in [0.25, 0.3) is 0 Å². The zero-order valence-corrected chi connectivity index (χ0v) is 35.1. The highest BCUT2D eigenvalue weighted by atomic mass is 13.8. The van der Waals surface area contributed by atoms with Crippen LogP contribution < -0.4 is 0 Å². The summed E-state index contributed by atoms with van der Waals surface area (Å²) in [7, 11) is 0. The molecule has 0 spiro atoms. The van der Waals surface area contributed by atoms with Crippen LogP contribution in [0.3, 0.4) is 0 Å². The Morgan fingerprint density at radius 2 is 0.196 bits per heavy atom. The number of hydrogen-bond donors (Lipinski definition) is 0. The lowest BCUT2D eigenvalue weighted by molar-refractivity contribution is 1.48. The monoisotopic (exact) mass is 737 g/mol. The molecule has 0 saturated heterocycles. The number of hydrogen-bond acceptors (Lipinski definition) is 0. The lowest BCUT2D eigenvalue weighted by Gasteiger charge is -1.82. The Labute approximate surface area is 341 Å². The van der Waals surface area contributed by atoms with E-state index in [2.05, 4.69) is 152 Å². The SMILES string of the molecule is Cc1ccccc1.Cc1ccccc1.Cc1ccccc1.Cc1ccccc1.Cc1ccccc1.Cc1ccccc1.Cc1ccccc1.Cc1ccccc1. The van der Waals surface area contributed by atoms with Crippen LogP contribution in [0.1, 0.15) is 44.5 Å². The third-order valence-electron chi connectivity index (χ3n) is 7.52. The Kier molecular flexibility index (Phi) is 28.4. The van der Waals surface area contributed by atoms with Crippen LogP contribution in [0.4, 0.5) is 0 Å². The fourth-order valence-corrected chi connectivity index (χ4v) is 4.28. The van der Waals surface area contributed by atoms with Crippen LogP contribution in [0, 0.1) is 55.4 Å². The van der Waals surface area contributed by atoms with Gasteiger partial charge in [0.05, 0.1) is 0 Å². The third-order valence-corrected chi connectivity index (χ3v) is 7.52.